The molecule has 1 saturated heterocycles. The number of carbonyl (C=O) groups is 1. The van der Waals surface area contributed by atoms with E-state index in [0.717, 1.165) is 25.8 Å². The molecule has 1 heterocycles. The van der Waals surface area contributed by atoms with Crippen LogP contribution in [0.25, 0.3) is 0 Å². The van der Waals surface area contributed by atoms with Crippen LogP contribution in [0, 0.1) is 0 Å². The number of amides is 1. The van der Waals surface area contributed by atoms with Crippen molar-refractivity contribution in [3.63, 3.8) is 0 Å². The maximum Gasteiger partial charge on any atom is 0.241 e. The first-order chi connectivity index (χ1) is 10.4. The van der Waals surface area contributed by atoms with Gasteiger partial charge in [-0.25, -0.2) is 8.42 Å². The minimum atomic E-state index is -3.14. The van der Waals surface area contributed by atoms with E-state index in [-0.39, 0.29) is 17.7 Å². The Balaban J connectivity index is 2.03. The lowest BCUT2D eigenvalue weighted by molar-refractivity contribution is -0.118. The summed E-state index contributed by atoms with van der Waals surface area (Å²) in [5.41, 5.74) is 1.34. The molecule has 0 radical (unpaired) electrons. The summed E-state index contributed by atoms with van der Waals surface area (Å²) in [7, 11) is -3.14. The number of rotatable bonds is 5. The number of sulfone groups is 1. The highest BCUT2D eigenvalue weighted by atomic mass is 32.2. The molecule has 6 heteroatoms. The zero-order chi connectivity index (χ0) is 16.2. The summed E-state index contributed by atoms with van der Waals surface area (Å²) in [6.07, 6.45) is 3.00. The van der Waals surface area contributed by atoms with Gasteiger partial charge in [0.2, 0.25) is 5.91 Å². The van der Waals surface area contributed by atoms with E-state index in [0.29, 0.717) is 11.3 Å². The number of hydrogen-bond acceptors (Lipinski definition) is 4. The van der Waals surface area contributed by atoms with Crippen molar-refractivity contribution in [3.05, 3.63) is 29.8 Å². The summed E-state index contributed by atoms with van der Waals surface area (Å²) in [4.78, 5) is 12.2. The van der Waals surface area contributed by atoms with Gasteiger partial charge in [0, 0.05) is 5.69 Å². The average molecular weight is 324 g/mol. The van der Waals surface area contributed by atoms with E-state index in [2.05, 4.69) is 10.6 Å². The zero-order valence-corrected chi connectivity index (χ0v) is 13.9. The van der Waals surface area contributed by atoms with E-state index in [9.17, 15) is 13.2 Å². The molecular formula is C16H24N2O3S. The van der Waals surface area contributed by atoms with E-state index in [1.807, 2.05) is 0 Å². The molecule has 1 aromatic rings. The van der Waals surface area contributed by atoms with Gasteiger partial charge in [-0.05, 0) is 50.9 Å². The van der Waals surface area contributed by atoms with Gasteiger partial charge in [-0.15, -0.1) is 0 Å². The third-order valence-corrected chi connectivity index (χ3v) is 6.08. The van der Waals surface area contributed by atoms with Gasteiger partial charge in [0.25, 0.3) is 0 Å². The molecule has 0 aliphatic carbocycles. The molecule has 22 heavy (non-hydrogen) atoms. The molecular weight excluding hydrogens is 300 g/mol. The largest absolute Gasteiger partial charge is 0.325 e. The minimum absolute atomic E-state index is 0.00391. The van der Waals surface area contributed by atoms with Gasteiger partial charge in [-0.2, -0.15) is 0 Å². The SMILES string of the molecule is CC(C)S(=O)(=O)Cc1cccc(NC(=O)C2CCCCN2)c1. The molecule has 0 spiro atoms. The van der Waals surface area contributed by atoms with Crippen LogP contribution in [-0.2, 0) is 20.4 Å². The molecule has 1 unspecified atom stereocenters. The summed E-state index contributed by atoms with van der Waals surface area (Å²) in [6.45, 7) is 4.22. The van der Waals surface area contributed by atoms with Crippen molar-refractivity contribution in [3.8, 4) is 0 Å². The molecule has 5 nitrogen and oxygen atoms in total. The standard InChI is InChI=1S/C16H24N2O3S/c1-12(2)22(20,21)11-13-6-5-7-14(10-13)18-16(19)15-8-3-4-9-17-15/h5-7,10,12,15,17H,3-4,8-9,11H2,1-2H3,(H,18,19). The number of anilines is 1. The average Bonchev–Trinajstić information content (AvgIpc) is 2.48. The first-order valence-corrected chi connectivity index (χ1v) is 9.45. The smallest absolute Gasteiger partial charge is 0.241 e. The van der Waals surface area contributed by atoms with Gasteiger partial charge in [0.15, 0.2) is 9.84 Å². The second-order valence-electron chi connectivity index (χ2n) is 6.05. The highest BCUT2D eigenvalue weighted by Gasteiger charge is 2.21. The van der Waals surface area contributed by atoms with Gasteiger partial charge < -0.3 is 10.6 Å². The predicted octanol–water partition coefficient (Wildman–Crippen LogP) is 2.09. The van der Waals surface area contributed by atoms with Crippen LogP contribution < -0.4 is 10.6 Å². The molecule has 1 aromatic carbocycles. The van der Waals surface area contributed by atoms with E-state index in [1.165, 1.54) is 0 Å². The summed E-state index contributed by atoms with van der Waals surface area (Å²) in [6, 6.07) is 6.91. The molecule has 1 fully saturated rings. The van der Waals surface area contributed by atoms with E-state index >= 15 is 0 Å². The normalized spacial score (nSPS) is 19.1. The number of benzene rings is 1. The number of hydrogen-bond donors (Lipinski definition) is 2. The van der Waals surface area contributed by atoms with Crippen LogP contribution in [0.4, 0.5) is 5.69 Å². The Morgan fingerprint density at radius 3 is 2.77 bits per heavy atom. The van der Waals surface area contributed by atoms with Crippen molar-refractivity contribution in [2.75, 3.05) is 11.9 Å². The maximum atomic E-state index is 12.2. The molecule has 0 saturated carbocycles. The molecule has 122 valence electrons. The summed E-state index contributed by atoms with van der Waals surface area (Å²) < 4.78 is 24.0. The third kappa shape index (κ3) is 4.55. The molecule has 1 aliphatic rings. The van der Waals surface area contributed by atoms with Gasteiger partial charge in [-0.1, -0.05) is 18.6 Å². The third-order valence-electron chi connectivity index (χ3n) is 3.91. The summed E-state index contributed by atoms with van der Waals surface area (Å²) in [5.74, 6) is -0.0562. The Bertz CT molecular complexity index is 620. The van der Waals surface area contributed by atoms with Crippen molar-refractivity contribution in [1.82, 2.24) is 5.32 Å². The Morgan fingerprint density at radius 2 is 2.14 bits per heavy atom. The minimum Gasteiger partial charge on any atom is -0.325 e. The lowest BCUT2D eigenvalue weighted by atomic mass is 10.0. The Labute approximate surface area is 132 Å². The van der Waals surface area contributed by atoms with Crippen molar-refractivity contribution in [2.24, 2.45) is 0 Å². The second-order valence-corrected chi connectivity index (χ2v) is 8.61. The van der Waals surface area contributed by atoms with E-state index < -0.39 is 15.1 Å². The number of carbonyl (C=O) groups excluding carboxylic acids is 1. The molecule has 0 aromatic heterocycles. The molecule has 1 atom stereocenters. The van der Waals surface area contributed by atoms with Crippen LogP contribution in [0.1, 0.15) is 38.7 Å². The first-order valence-electron chi connectivity index (χ1n) is 7.73. The highest BCUT2D eigenvalue weighted by Crippen LogP contribution is 2.17. The van der Waals surface area contributed by atoms with Crippen molar-refractivity contribution in [1.29, 1.82) is 0 Å². The van der Waals surface area contributed by atoms with Gasteiger partial charge in [-0.3, -0.25) is 4.79 Å². The van der Waals surface area contributed by atoms with Crippen LogP contribution in [0.2, 0.25) is 0 Å². The summed E-state index contributed by atoms with van der Waals surface area (Å²) in [5, 5.41) is 5.66. The van der Waals surface area contributed by atoms with Crippen LogP contribution in [0.5, 0.6) is 0 Å². The van der Waals surface area contributed by atoms with E-state index in [4.69, 9.17) is 0 Å². The van der Waals surface area contributed by atoms with Crippen molar-refractivity contribution >= 4 is 21.4 Å². The topological polar surface area (TPSA) is 75.3 Å². The maximum absolute atomic E-state index is 12.2. The zero-order valence-electron chi connectivity index (χ0n) is 13.1. The summed E-state index contributed by atoms with van der Waals surface area (Å²) >= 11 is 0. The van der Waals surface area contributed by atoms with E-state index in [1.54, 1.807) is 38.1 Å². The highest BCUT2D eigenvalue weighted by molar-refractivity contribution is 7.91. The molecule has 1 aliphatic heterocycles. The second kappa shape index (κ2) is 7.24. The fourth-order valence-corrected chi connectivity index (χ4v) is 3.42. The monoisotopic (exact) mass is 324 g/mol. The molecule has 0 bridgehead atoms. The Hall–Kier alpha value is -1.40. The fourth-order valence-electron chi connectivity index (χ4n) is 2.44. The number of nitrogens with one attached hydrogen (secondary N) is 2. The van der Waals surface area contributed by atoms with Crippen LogP contribution >= 0.6 is 0 Å². The van der Waals surface area contributed by atoms with Gasteiger partial charge in [0.05, 0.1) is 17.0 Å². The molecule has 1 amide bonds. The number of piperidine rings is 1. The molecule has 2 N–H and O–H groups in total. The quantitative estimate of drug-likeness (QED) is 0.869. The predicted molar refractivity (Wildman–Crippen MR) is 88.5 cm³/mol. The van der Waals surface area contributed by atoms with Gasteiger partial charge >= 0.3 is 0 Å². The fraction of sp³-hybridized carbons (Fsp3) is 0.562. The van der Waals surface area contributed by atoms with Crippen LogP contribution in [-0.4, -0.2) is 32.2 Å². The van der Waals surface area contributed by atoms with Gasteiger partial charge in [0.1, 0.15) is 0 Å². The Kier molecular flexibility index (Phi) is 5.58. The Morgan fingerprint density at radius 1 is 1.36 bits per heavy atom. The van der Waals surface area contributed by atoms with Crippen molar-refractivity contribution in [2.45, 2.75) is 50.2 Å². The molecule has 2 rings (SSSR count). The lowest BCUT2D eigenvalue weighted by Gasteiger charge is -2.22. The first kappa shape index (κ1) is 17.0. The van der Waals surface area contributed by atoms with Crippen LogP contribution in [0.3, 0.4) is 0 Å². The van der Waals surface area contributed by atoms with Crippen LogP contribution in [0.15, 0.2) is 24.3 Å². The van der Waals surface area contributed by atoms with Crippen molar-refractivity contribution < 1.29 is 13.2 Å². The lowest BCUT2D eigenvalue weighted by Crippen LogP contribution is -2.43.